The van der Waals surface area contributed by atoms with Gasteiger partial charge in [-0.15, -0.1) is 0 Å². The van der Waals surface area contributed by atoms with Crippen molar-refractivity contribution in [3.63, 3.8) is 0 Å². The molecule has 1 aromatic carbocycles. The third-order valence-electron chi connectivity index (χ3n) is 2.93. The van der Waals surface area contributed by atoms with Crippen molar-refractivity contribution < 1.29 is 24.9 Å². The van der Waals surface area contributed by atoms with E-state index in [2.05, 4.69) is 5.32 Å². The monoisotopic (exact) mass is 266 g/mol. The molecule has 0 radical (unpaired) electrons. The first-order valence-corrected chi connectivity index (χ1v) is 5.73. The van der Waals surface area contributed by atoms with Gasteiger partial charge in [0.15, 0.2) is 0 Å². The molecule has 2 atom stereocenters. The van der Waals surface area contributed by atoms with E-state index in [-0.39, 0.29) is 18.7 Å². The number of hydrogen-bond donors (Lipinski definition) is 4. The summed E-state index contributed by atoms with van der Waals surface area (Å²) < 4.78 is 0. The van der Waals surface area contributed by atoms with Crippen LogP contribution in [0.5, 0.6) is 0 Å². The Kier molecular flexibility index (Phi) is 3.68. The number of nitrogens with zero attached hydrogens (tertiary/aromatic N) is 1. The predicted octanol–water partition coefficient (Wildman–Crippen LogP) is -0.0459. The second-order valence-electron chi connectivity index (χ2n) is 4.35. The molecule has 1 aromatic rings. The lowest BCUT2D eigenvalue weighted by Crippen LogP contribution is -2.33. The Morgan fingerprint density at radius 1 is 1.11 bits per heavy atom. The van der Waals surface area contributed by atoms with Gasteiger partial charge >= 0.3 is 12.0 Å². The number of carbonyl (C=O) groups is 2. The van der Waals surface area contributed by atoms with Gasteiger partial charge in [-0.25, -0.2) is 9.59 Å². The van der Waals surface area contributed by atoms with E-state index < -0.39 is 24.2 Å². The van der Waals surface area contributed by atoms with Gasteiger partial charge in [0, 0.05) is 5.69 Å². The van der Waals surface area contributed by atoms with Gasteiger partial charge in [-0.1, -0.05) is 0 Å². The molecular formula is C12H14N2O5. The van der Waals surface area contributed by atoms with Gasteiger partial charge in [0.2, 0.25) is 0 Å². The molecule has 0 aromatic heterocycles. The highest BCUT2D eigenvalue weighted by atomic mass is 16.4. The van der Waals surface area contributed by atoms with Crippen LogP contribution in [-0.4, -0.2) is 57.5 Å². The lowest BCUT2D eigenvalue weighted by Gasteiger charge is -2.16. The first-order valence-electron chi connectivity index (χ1n) is 5.73. The zero-order chi connectivity index (χ0) is 14.0. The summed E-state index contributed by atoms with van der Waals surface area (Å²) in [5.41, 5.74) is 0.580. The number of amides is 2. The Labute approximate surface area is 109 Å². The summed E-state index contributed by atoms with van der Waals surface area (Å²) in [6.07, 6.45) is -1.86. The molecule has 7 nitrogen and oxygen atoms in total. The van der Waals surface area contributed by atoms with Crippen molar-refractivity contribution in [3.8, 4) is 0 Å². The molecule has 2 unspecified atom stereocenters. The highest BCUT2D eigenvalue weighted by Crippen LogP contribution is 2.14. The number of benzene rings is 1. The maximum atomic E-state index is 11.8. The Balaban J connectivity index is 1.97. The smallest absolute Gasteiger partial charge is 0.335 e. The molecule has 1 fully saturated rings. The summed E-state index contributed by atoms with van der Waals surface area (Å²) in [6.45, 7) is 0.139. The zero-order valence-corrected chi connectivity index (χ0v) is 9.98. The highest BCUT2D eigenvalue weighted by molar-refractivity contribution is 5.91. The molecular weight excluding hydrogens is 252 g/mol. The van der Waals surface area contributed by atoms with Crippen molar-refractivity contribution in [2.24, 2.45) is 0 Å². The fraction of sp³-hybridized carbons (Fsp3) is 0.333. The van der Waals surface area contributed by atoms with Crippen molar-refractivity contribution in [2.75, 3.05) is 18.4 Å². The average molecular weight is 266 g/mol. The second-order valence-corrected chi connectivity index (χ2v) is 4.35. The van der Waals surface area contributed by atoms with Crippen LogP contribution in [0.3, 0.4) is 0 Å². The number of β-amino-alcohol motifs (C(OH)–C–C–N with tert-alkyl or cyclic N) is 2. The fourth-order valence-corrected chi connectivity index (χ4v) is 1.83. The Bertz CT molecular complexity index is 477. The minimum absolute atomic E-state index is 0.0697. The van der Waals surface area contributed by atoms with Crippen molar-refractivity contribution in [2.45, 2.75) is 12.2 Å². The van der Waals surface area contributed by atoms with Gasteiger partial charge < -0.3 is 25.5 Å². The number of likely N-dealkylation sites (tertiary alicyclic amines) is 1. The highest BCUT2D eigenvalue weighted by Gasteiger charge is 2.32. The first kappa shape index (κ1) is 13.3. The van der Waals surface area contributed by atoms with Crippen molar-refractivity contribution in [3.05, 3.63) is 29.8 Å². The number of aliphatic hydroxyl groups is 2. The summed E-state index contributed by atoms with van der Waals surface area (Å²) in [5, 5.41) is 30.0. The minimum atomic E-state index is -1.04. The van der Waals surface area contributed by atoms with E-state index in [0.717, 1.165) is 0 Å². The lowest BCUT2D eigenvalue weighted by molar-refractivity contribution is 0.0572. The van der Waals surface area contributed by atoms with Crippen LogP contribution in [0.25, 0.3) is 0 Å². The minimum Gasteiger partial charge on any atom is -0.478 e. The molecule has 2 rings (SSSR count). The topological polar surface area (TPSA) is 110 Å². The number of nitrogens with one attached hydrogen (secondary N) is 1. The molecule has 19 heavy (non-hydrogen) atoms. The van der Waals surface area contributed by atoms with Gasteiger partial charge in [-0.3, -0.25) is 0 Å². The number of aliphatic hydroxyl groups excluding tert-OH is 2. The second kappa shape index (κ2) is 5.25. The lowest BCUT2D eigenvalue weighted by atomic mass is 10.2. The van der Waals surface area contributed by atoms with Crippen LogP contribution in [0, 0.1) is 0 Å². The normalized spacial score (nSPS) is 22.3. The van der Waals surface area contributed by atoms with Crippen LogP contribution >= 0.6 is 0 Å². The van der Waals surface area contributed by atoms with Gasteiger partial charge in [0.1, 0.15) is 0 Å². The summed E-state index contributed by atoms with van der Waals surface area (Å²) in [7, 11) is 0. The molecule has 0 bridgehead atoms. The number of rotatable bonds is 2. The predicted molar refractivity (Wildman–Crippen MR) is 66.0 cm³/mol. The fourth-order valence-electron chi connectivity index (χ4n) is 1.83. The molecule has 4 N–H and O–H groups in total. The van der Waals surface area contributed by atoms with Crippen LogP contribution < -0.4 is 5.32 Å². The van der Waals surface area contributed by atoms with E-state index >= 15 is 0 Å². The molecule has 1 aliphatic heterocycles. The number of hydrogen-bond acceptors (Lipinski definition) is 4. The van der Waals surface area contributed by atoms with Crippen LogP contribution in [0.15, 0.2) is 24.3 Å². The summed E-state index contributed by atoms with van der Waals surface area (Å²) >= 11 is 0. The van der Waals surface area contributed by atoms with E-state index in [0.29, 0.717) is 5.69 Å². The number of carbonyl (C=O) groups excluding carboxylic acids is 1. The van der Waals surface area contributed by atoms with Gasteiger partial charge in [0.05, 0.1) is 30.9 Å². The standard InChI is InChI=1S/C12H14N2O5/c15-9-5-14(6-10(9)16)12(19)13-8-3-1-7(2-4-8)11(17)18/h1-4,9-10,15-16H,5-6H2,(H,13,19)(H,17,18). The SMILES string of the molecule is O=C(O)c1ccc(NC(=O)N2CC(O)C(O)C2)cc1. The van der Waals surface area contributed by atoms with Crippen LogP contribution in [0.4, 0.5) is 10.5 Å². The molecule has 1 saturated heterocycles. The number of urea groups is 1. The van der Waals surface area contributed by atoms with Crippen molar-refractivity contribution >= 4 is 17.7 Å². The van der Waals surface area contributed by atoms with Crippen LogP contribution in [0.1, 0.15) is 10.4 Å². The molecule has 0 aliphatic carbocycles. The number of anilines is 1. The van der Waals surface area contributed by atoms with E-state index in [4.69, 9.17) is 5.11 Å². The third-order valence-corrected chi connectivity index (χ3v) is 2.93. The quantitative estimate of drug-likeness (QED) is 0.600. The third kappa shape index (κ3) is 3.01. The molecule has 2 amide bonds. The van der Waals surface area contributed by atoms with E-state index in [9.17, 15) is 19.8 Å². The maximum absolute atomic E-state index is 11.8. The molecule has 102 valence electrons. The Morgan fingerprint density at radius 2 is 1.63 bits per heavy atom. The average Bonchev–Trinajstić information content (AvgIpc) is 2.70. The van der Waals surface area contributed by atoms with Gasteiger partial charge in [-0.2, -0.15) is 0 Å². The summed E-state index contributed by atoms with van der Waals surface area (Å²) in [6, 6.07) is 5.27. The Morgan fingerprint density at radius 3 is 2.11 bits per heavy atom. The van der Waals surface area contributed by atoms with Gasteiger partial charge in [0.25, 0.3) is 0 Å². The van der Waals surface area contributed by atoms with E-state index in [1.165, 1.54) is 29.2 Å². The van der Waals surface area contributed by atoms with Crippen molar-refractivity contribution in [1.29, 1.82) is 0 Å². The van der Waals surface area contributed by atoms with Crippen molar-refractivity contribution in [1.82, 2.24) is 4.90 Å². The summed E-state index contributed by atoms with van der Waals surface area (Å²) in [4.78, 5) is 23.8. The van der Waals surface area contributed by atoms with Crippen LogP contribution in [-0.2, 0) is 0 Å². The molecule has 0 spiro atoms. The van der Waals surface area contributed by atoms with E-state index in [1.807, 2.05) is 0 Å². The molecule has 1 heterocycles. The first-order chi connectivity index (χ1) is 8.97. The summed E-state index contributed by atoms with van der Waals surface area (Å²) in [5.74, 6) is -1.04. The largest absolute Gasteiger partial charge is 0.478 e. The maximum Gasteiger partial charge on any atom is 0.335 e. The van der Waals surface area contributed by atoms with Gasteiger partial charge in [-0.05, 0) is 24.3 Å². The number of carboxylic acids is 1. The molecule has 0 saturated carbocycles. The number of aromatic carboxylic acids is 1. The Hall–Kier alpha value is -2.12. The van der Waals surface area contributed by atoms with E-state index in [1.54, 1.807) is 0 Å². The molecule has 1 aliphatic rings. The zero-order valence-electron chi connectivity index (χ0n) is 9.98. The molecule has 7 heteroatoms. The van der Waals surface area contributed by atoms with Crippen LogP contribution in [0.2, 0.25) is 0 Å². The number of carboxylic acid groups (broad SMARTS) is 1.